The summed E-state index contributed by atoms with van der Waals surface area (Å²) in [5.41, 5.74) is 0.876. The minimum Gasteiger partial charge on any atom is -0.459 e. The summed E-state index contributed by atoms with van der Waals surface area (Å²) in [5, 5.41) is 10.7. The molecule has 0 saturated heterocycles. The van der Waals surface area contributed by atoms with Crippen LogP contribution in [0, 0.1) is 6.92 Å². The van der Waals surface area contributed by atoms with Gasteiger partial charge in [-0.3, -0.25) is 4.79 Å². The molecular weight excluding hydrogens is 256 g/mol. The van der Waals surface area contributed by atoms with Crippen LogP contribution in [0.4, 0.5) is 0 Å². The van der Waals surface area contributed by atoms with Crippen molar-refractivity contribution in [3.63, 3.8) is 0 Å². The number of aromatic nitrogens is 3. The van der Waals surface area contributed by atoms with Gasteiger partial charge in [0.05, 0.1) is 6.26 Å². The van der Waals surface area contributed by atoms with Gasteiger partial charge in [0.25, 0.3) is 5.91 Å². The first-order chi connectivity index (χ1) is 9.74. The van der Waals surface area contributed by atoms with E-state index in [1.54, 1.807) is 25.0 Å². The molecule has 0 atom stereocenters. The molecule has 6 nitrogen and oxygen atoms in total. The number of hydrogen-bond donors (Lipinski definition) is 1. The van der Waals surface area contributed by atoms with Crippen LogP contribution in [0.15, 0.2) is 29.4 Å². The molecule has 2 aromatic heterocycles. The molecule has 0 bridgehead atoms. The zero-order chi connectivity index (χ0) is 13.9. The molecule has 2 aromatic rings. The molecule has 0 aliphatic heterocycles. The van der Waals surface area contributed by atoms with Crippen molar-refractivity contribution < 1.29 is 9.21 Å². The molecule has 1 aliphatic rings. The van der Waals surface area contributed by atoms with Crippen molar-refractivity contribution in [1.82, 2.24) is 20.1 Å². The Kier molecular flexibility index (Phi) is 3.54. The SMILES string of the molecule is Cc1ccoc1C(=O)NC1CCC(n2cnnc2)CC1. The second-order valence-electron chi connectivity index (χ2n) is 5.32. The zero-order valence-electron chi connectivity index (χ0n) is 11.5. The Labute approximate surface area is 117 Å². The fraction of sp³-hybridized carbons (Fsp3) is 0.500. The van der Waals surface area contributed by atoms with Crippen molar-refractivity contribution in [3.05, 3.63) is 36.3 Å². The highest BCUT2D eigenvalue weighted by Crippen LogP contribution is 2.28. The number of aryl methyl sites for hydroxylation is 1. The summed E-state index contributed by atoms with van der Waals surface area (Å²) < 4.78 is 7.27. The minimum atomic E-state index is -0.111. The lowest BCUT2D eigenvalue weighted by Gasteiger charge is -2.29. The third-order valence-electron chi connectivity index (χ3n) is 3.96. The molecule has 6 heteroatoms. The molecule has 1 aliphatic carbocycles. The summed E-state index contributed by atoms with van der Waals surface area (Å²) in [7, 11) is 0. The van der Waals surface area contributed by atoms with Gasteiger partial charge in [-0.2, -0.15) is 0 Å². The van der Waals surface area contributed by atoms with Crippen LogP contribution in [-0.4, -0.2) is 26.7 Å². The summed E-state index contributed by atoms with van der Waals surface area (Å²) in [6, 6.07) is 2.47. The highest BCUT2D eigenvalue weighted by molar-refractivity contribution is 5.92. The number of carbonyl (C=O) groups excluding carboxylic acids is 1. The topological polar surface area (TPSA) is 73.0 Å². The quantitative estimate of drug-likeness (QED) is 0.930. The van der Waals surface area contributed by atoms with Crippen LogP contribution < -0.4 is 5.32 Å². The third-order valence-corrected chi connectivity index (χ3v) is 3.96. The molecule has 1 N–H and O–H groups in total. The fourth-order valence-electron chi connectivity index (χ4n) is 2.77. The standard InChI is InChI=1S/C14H18N4O2/c1-10-6-7-20-13(10)14(19)17-11-2-4-12(5-3-11)18-8-15-16-9-18/h6-9,11-12H,2-5H2,1H3,(H,17,19). The van der Waals surface area contributed by atoms with Gasteiger partial charge in [0.15, 0.2) is 5.76 Å². The van der Waals surface area contributed by atoms with Crippen LogP contribution in [-0.2, 0) is 0 Å². The number of furan rings is 1. The summed E-state index contributed by atoms with van der Waals surface area (Å²) in [6.07, 6.45) is 9.06. The van der Waals surface area contributed by atoms with Crippen molar-refractivity contribution >= 4 is 5.91 Å². The van der Waals surface area contributed by atoms with E-state index in [4.69, 9.17) is 4.42 Å². The molecule has 0 unspecified atom stereocenters. The minimum absolute atomic E-state index is 0.111. The number of nitrogens with one attached hydrogen (secondary N) is 1. The van der Waals surface area contributed by atoms with Gasteiger partial charge in [-0.15, -0.1) is 10.2 Å². The number of nitrogens with zero attached hydrogens (tertiary/aromatic N) is 3. The maximum atomic E-state index is 12.1. The van der Waals surface area contributed by atoms with Gasteiger partial charge in [0, 0.05) is 17.6 Å². The normalized spacial score (nSPS) is 22.6. The van der Waals surface area contributed by atoms with E-state index in [9.17, 15) is 4.79 Å². The van der Waals surface area contributed by atoms with Crippen LogP contribution >= 0.6 is 0 Å². The molecule has 1 saturated carbocycles. The Hall–Kier alpha value is -2.11. The summed E-state index contributed by atoms with van der Waals surface area (Å²) in [5.74, 6) is 0.311. The van der Waals surface area contributed by atoms with Crippen LogP contribution in [0.2, 0.25) is 0 Å². The summed E-state index contributed by atoms with van der Waals surface area (Å²) >= 11 is 0. The molecule has 0 radical (unpaired) electrons. The van der Waals surface area contributed by atoms with Crippen molar-refractivity contribution in [3.8, 4) is 0 Å². The van der Waals surface area contributed by atoms with Gasteiger partial charge in [-0.25, -0.2) is 0 Å². The van der Waals surface area contributed by atoms with Crippen LogP contribution in [0.1, 0.15) is 47.8 Å². The average Bonchev–Trinajstić information content (AvgIpc) is 3.10. The highest BCUT2D eigenvalue weighted by atomic mass is 16.3. The summed E-state index contributed by atoms with van der Waals surface area (Å²) in [6.45, 7) is 1.88. The monoisotopic (exact) mass is 274 g/mol. The smallest absolute Gasteiger partial charge is 0.287 e. The molecule has 0 spiro atoms. The lowest BCUT2D eigenvalue weighted by Crippen LogP contribution is -2.38. The van der Waals surface area contributed by atoms with Crippen molar-refractivity contribution in [1.29, 1.82) is 0 Å². The van der Waals surface area contributed by atoms with E-state index in [0.717, 1.165) is 31.2 Å². The van der Waals surface area contributed by atoms with Crippen molar-refractivity contribution in [2.75, 3.05) is 0 Å². The Morgan fingerprint density at radius 2 is 2.00 bits per heavy atom. The van der Waals surface area contributed by atoms with E-state index in [1.165, 1.54) is 0 Å². The van der Waals surface area contributed by atoms with Crippen LogP contribution in [0.25, 0.3) is 0 Å². The van der Waals surface area contributed by atoms with Gasteiger partial charge in [0.2, 0.25) is 0 Å². The lowest BCUT2D eigenvalue weighted by molar-refractivity contribution is 0.0893. The average molecular weight is 274 g/mol. The van der Waals surface area contributed by atoms with Crippen LogP contribution in [0.3, 0.4) is 0 Å². The van der Waals surface area contributed by atoms with E-state index < -0.39 is 0 Å². The maximum Gasteiger partial charge on any atom is 0.287 e. The largest absolute Gasteiger partial charge is 0.459 e. The molecule has 3 rings (SSSR count). The Morgan fingerprint density at radius 1 is 1.30 bits per heavy atom. The molecule has 106 valence electrons. The zero-order valence-corrected chi connectivity index (χ0v) is 11.5. The fourth-order valence-corrected chi connectivity index (χ4v) is 2.77. The Morgan fingerprint density at radius 3 is 2.60 bits per heavy atom. The van der Waals surface area contributed by atoms with Gasteiger partial charge in [0.1, 0.15) is 12.7 Å². The molecule has 0 aromatic carbocycles. The lowest BCUT2D eigenvalue weighted by atomic mass is 9.91. The van der Waals surface area contributed by atoms with E-state index in [-0.39, 0.29) is 11.9 Å². The Bertz CT molecular complexity index is 568. The van der Waals surface area contributed by atoms with Gasteiger partial charge >= 0.3 is 0 Å². The first kappa shape index (κ1) is 12.9. The van der Waals surface area contributed by atoms with Crippen molar-refractivity contribution in [2.24, 2.45) is 0 Å². The molecule has 1 fully saturated rings. The molecule has 20 heavy (non-hydrogen) atoms. The second-order valence-corrected chi connectivity index (χ2v) is 5.32. The summed E-state index contributed by atoms with van der Waals surface area (Å²) in [4.78, 5) is 12.1. The number of amides is 1. The number of rotatable bonds is 3. The maximum absolute atomic E-state index is 12.1. The predicted molar refractivity (Wildman–Crippen MR) is 72.2 cm³/mol. The second kappa shape index (κ2) is 5.48. The molecule has 1 amide bonds. The van der Waals surface area contributed by atoms with Crippen LogP contribution in [0.5, 0.6) is 0 Å². The molecule has 2 heterocycles. The first-order valence-corrected chi connectivity index (χ1v) is 6.93. The van der Waals surface area contributed by atoms with E-state index in [2.05, 4.69) is 20.1 Å². The van der Waals surface area contributed by atoms with Gasteiger partial charge in [-0.1, -0.05) is 0 Å². The molecular formula is C14H18N4O2. The van der Waals surface area contributed by atoms with Crippen molar-refractivity contribution in [2.45, 2.75) is 44.7 Å². The van der Waals surface area contributed by atoms with E-state index in [1.807, 2.05) is 6.92 Å². The van der Waals surface area contributed by atoms with E-state index in [0.29, 0.717) is 11.8 Å². The van der Waals surface area contributed by atoms with E-state index >= 15 is 0 Å². The predicted octanol–water partition coefficient (Wildman–Crippen LogP) is 2.09. The highest BCUT2D eigenvalue weighted by Gasteiger charge is 2.24. The third kappa shape index (κ3) is 2.59. The first-order valence-electron chi connectivity index (χ1n) is 6.93. The van der Waals surface area contributed by atoms with Gasteiger partial charge in [-0.05, 0) is 38.7 Å². The number of carbonyl (C=O) groups is 1. The Balaban J connectivity index is 1.54. The van der Waals surface area contributed by atoms with Gasteiger partial charge < -0.3 is 14.3 Å². The number of hydrogen-bond acceptors (Lipinski definition) is 4.